The number of aromatic nitrogens is 12. The van der Waals surface area contributed by atoms with Crippen LogP contribution in [0.5, 0.6) is 0 Å². The molecule has 60 heavy (non-hydrogen) atoms. The molecule has 6 aromatic heterocycles. The number of morpholine rings is 2. The quantitative estimate of drug-likeness (QED) is 0.116. The number of nitrogens with two attached hydrogens (primary N) is 3. The summed E-state index contributed by atoms with van der Waals surface area (Å²) in [7, 11) is 0. The lowest BCUT2D eigenvalue weighted by Crippen LogP contribution is -2.44. The van der Waals surface area contributed by atoms with Crippen molar-refractivity contribution in [2.45, 2.75) is 31.5 Å². The predicted octanol–water partition coefficient (Wildman–Crippen LogP) is -0.914. The number of piperidine rings is 1. The molecule has 0 radical (unpaired) electrons. The van der Waals surface area contributed by atoms with E-state index < -0.39 is 12.1 Å². The molecule has 9 heterocycles. The third kappa shape index (κ3) is 7.81. The average Bonchev–Trinajstić information content (AvgIpc) is 3.88. The number of anilines is 4. The lowest BCUT2D eigenvalue weighted by Gasteiger charge is -2.32. The van der Waals surface area contributed by atoms with E-state index in [1.807, 2.05) is 4.90 Å². The van der Waals surface area contributed by atoms with E-state index in [0.29, 0.717) is 129 Å². The first-order valence-electron chi connectivity index (χ1n) is 19.7. The molecule has 1 amide bonds. The van der Waals surface area contributed by atoms with Crippen molar-refractivity contribution in [3.8, 4) is 22.8 Å². The Morgan fingerprint density at radius 2 is 1.20 bits per heavy atom. The molecule has 9 rings (SSSR count). The minimum absolute atomic E-state index is 0.0116. The molecule has 0 spiro atoms. The van der Waals surface area contributed by atoms with Crippen molar-refractivity contribution in [3.63, 3.8) is 0 Å². The summed E-state index contributed by atoms with van der Waals surface area (Å²) in [4.78, 5) is 78.5. The Morgan fingerprint density at radius 1 is 0.700 bits per heavy atom. The zero-order valence-corrected chi connectivity index (χ0v) is 32.6. The van der Waals surface area contributed by atoms with Crippen molar-refractivity contribution in [1.29, 1.82) is 0 Å². The number of hydrogen-bond acceptors (Lipinski definition) is 20. The number of hydrogen-bond donors (Lipinski definition) is 4. The molecule has 0 aromatic carbocycles. The van der Waals surface area contributed by atoms with Crippen molar-refractivity contribution in [2.24, 2.45) is 11.7 Å². The second kappa shape index (κ2) is 16.6. The second-order valence-corrected chi connectivity index (χ2v) is 14.9. The summed E-state index contributed by atoms with van der Waals surface area (Å²) in [5, 5.41) is 12.4. The van der Waals surface area contributed by atoms with Crippen molar-refractivity contribution >= 4 is 57.6 Å². The lowest BCUT2D eigenvalue weighted by atomic mass is 9.95. The number of aliphatic hydroxyl groups excluding tert-OH is 1. The maximum atomic E-state index is 14.8. The molecule has 23 heteroatoms. The van der Waals surface area contributed by atoms with Crippen LogP contribution < -0.4 is 27.0 Å². The van der Waals surface area contributed by atoms with E-state index in [-0.39, 0.29) is 48.4 Å². The number of amides is 1. The minimum atomic E-state index is -1.36. The van der Waals surface area contributed by atoms with Gasteiger partial charge in [0.25, 0.3) is 0 Å². The topological polar surface area (TPSA) is 299 Å². The van der Waals surface area contributed by atoms with Crippen molar-refractivity contribution in [1.82, 2.24) is 63.9 Å². The number of imidazole rings is 2. The van der Waals surface area contributed by atoms with E-state index in [1.54, 1.807) is 27.9 Å². The van der Waals surface area contributed by atoms with Crippen molar-refractivity contribution in [2.75, 3.05) is 93.5 Å². The summed E-state index contributed by atoms with van der Waals surface area (Å²) in [5.74, 6) is 1.04. The first-order chi connectivity index (χ1) is 29.2. The number of nitrogens with zero attached hydrogens (tertiary/aromatic N) is 15. The van der Waals surface area contributed by atoms with Crippen LogP contribution in [0.15, 0.2) is 37.4 Å². The first-order valence-corrected chi connectivity index (χ1v) is 19.7. The molecule has 6 aromatic rings. The number of Topliss-reactive ketones (excluding diaryl/α,β-unsaturated/α-hetero) is 1. The molecule has 0 bridgehead atoms. The summed E-state index contributed by atoms with van der Waals surface area (Å²) >= 11 is 0. The van der Waals surface area contributed by atoms with E-state index >= 15 is 0 Å². The molecule has 0 saturated carbocycles. The molecule has 7 N–H and O–H groups in total. The van der Waals surface area contributed by atoms with Crippen LogP contribution in [0.4, 0.5) is 23.5 Å². The van der Waals surface area contributed by atoms with Gasteiger partial charge in [-0.1, -0.05) is 0 Å². The smallest absolute Gasteiger partial charge is 0.220 e. The molecular formula is C37H44N18O5. The number of ketones is 1. The number of fused-ring (bicyclic) bond motifs is 2. The molecule has 312 valence electrons. The zero-order chi connectivity index (χ0) is 41.3. The van der Waals surface area contributed by atoms with Crippen LogP contribution in [-0.2, 0) is 25.6 Å². The number of carbonyl (C=O) groups excluding carboxylic acids is 2. The van der Waals surface area contributed by atoms with Crippen LogP contribution in [0.25, 0.3) is 45.1 Å². The number of primary amides is 1. The Balaban J connectivity index is 1.13. The van der Waals surface area contributed by atoms with Crippen LogP contribution >= 0.6 is 0 Å². The van der Waals surface area contributed by atoms with Gasteiger partial charge in [-0.3, -0.25) is 14.5 Å². The molecule has 23 nitrogen and oxygen atoms in total. The van der Waals surface area contributed by atoms with E-state index in [1.165, 1.54) is 18.7 Å². The number of likely N-dealkylation sites (tertiary alicyclic amines) is 1. The van der Waals surface area contributed by atoms with Crippen LogP contribution in [0.3, 0.4) is 0 Å². The number of ether oxygens (including phenoxy) is 2. The van der Waals surface area contributed by atoms with Crippen LogP contribution in [0, 0.1) is 5.92 Å². The van der Waals surface area contributed by atoms with Gasteiger partial charge in [0.2, 0.25) is 17.8 Å². The standard InChI is InChI=1S/C37H44N18O5/c38-29(58)21-1-3-51(4-2-21)17-24(56)28(55-20-46-27-33(53-7-11-60-12-8-53)48-31(50-35(27)55)23-15-43-37(40)44-16-23)25(57)18-54-19-45-26-32(52-5-9-59-10-6-52)47-30(49-34(26)54)22-13-41-36(39)42-14-22/h13-16,19-21,25,28,57H,1-12,17-18H2,(H2,38,58)(H2,39,41,42)(H2,40,43,44). The fraction of sp³-hybridized carbons (Fsp3) is 0.459. The third-order valence-corrected chi connectivity index (χ3v) is 11.1. The number of aliphatic hydroxyl groups is 1. The van der Waals surface area contributed by atoms with E-state index in [9.17, 15) is 14.7 Å². The van der Waals surface area contributed by atoms with Crippen LogP contribution in [0.2, 0.25) is 0 Å². The maximum absolute atomic E-state index is 14.8. The Bertz CT molecular complexity index is 2490. The highest BCUT2D eigenvalue weighted by Gasteiger charge is 2.35. The lowest BCUT2D eigenvalue weighted by molar-refractivity contribution is -0.127. The molecule has 3 aliphatic rings. The molecule has 3 fully saturated rings. The summed E-state index contributed by atoms with van der Waals surface area (Å²) in [6.07, 6.45) is 8.95. The first kappa shape index (κ1) is 38.9. The van der Waals surface area contributed by atoms with Gasteiger partial charge in [0.15, 0.2) is 51.4 Å². The van der Waals surface area contributed by atoms with Gasteiger partial charge in [-0.15, -0.1) is 0 Å². The van der Waals surface area contributed by atoms with Gasteiger partial charge in [0.05, 0.1) is 69.4 Å². The van der Waals surface area contributed by atoms with Gasteiger partial charge >= 0.3 is 0 Å². The van der Waals surface area contributed by atoms with E-state index in [2.05, 4.69) is 29.7 Å². The molecule has 3 saturated heterocycles. The van der Waals surface area contributed by atoms with Gasteiger partial charge in [-0.05, 0) is 25.9 Å². The minimum Gasteiger partial charge on any atom is -0.389 e. The normalized spacial score (nSPS) is 17.9. The number of rotatable bonds is 12. The number of carbonyl (C=O) groups is 2. The molecule has 0 aliphatic carbocycles. The largest absolute Gasteiger partial charge is 0.389 e. The molecule has 2 unspecified atom stereocenters. The monoisotopic (exact) mass is 820 g/mol. The van der Waals surface area contributed by atoms with Gasteiger partial charge in [-0.25, -0.2) is 49.8 Å². The summed E-state index contributed by atoms with van der Waals surface area (Å²) in [6.45, 7) is 5.13. The van der Waals surface area contributed by atoms with Crippen molar-refractivity contribution < 1.29 is 24.2 Å². The summed E-state index contributed by atoms with van der Waals surface area (Å²) < 4.78 is 14.6. The fourth-order valence-electron chi connectivity index (χ4n) is 7.87. The SMILES string of the molecule is NC(=O)C1CCN(CC(=O)C(C(O)Cn2cnc3c(N4CCOCC4)nc(-c4cnc(N)nc4)nc32)n2cnc3c(N4CCOCC4)nc(-c4cnc(N)nc4)nc32)CC1. The fourth-order valence-corrected chi connectivity index (χ4v) is 7.87. The summed E-state index contributed by atoms with van der Waals surface area (Å²) in [5.41, 5.74) is 19.9. The highest BCUT2D eigenvalue weighted by molar-refractivity contribution is 5.90. The maximum Gasteiger partial charge on any atom is 0.220 e. The Labute approximate surface area is 342 Å². The highest BCUT2D eigenvalue weighted by atomic mass is 16.5. The average molecular weight is 821 g/mol. The van der Waals surface area contributed by atoms with Gasteiger partial charge in [0, 0.05) is 56.9 Å². The highest BCUT2D eigenvalue weighted by Crippen LogP contribution is 2.32. The van der Waals surface area contributed by atoms with Gasteiger partial charge in [0.1, 0.15) is 6.04 Å². The Kier molecular flexibility index (Phi) is 10.8. The van der Waals surface area contributed by atoms with E-state index in [4.69, 9.17) is 56.6 Å². The van der Waals surface area contributed by atoms with E-state index in [0.717, 1.165) is 0 Å². The van der Waals surface area contributed by atoms with Crippen LogP contribution in [-0.4, -0.2) is 159 Å². The third-order valence-electron chi connectivity index (χ3n) is 11.1. The van der Waals surface area contributed by atoms with Gasteiger partial charge < -0.3 is 50.7 Å². The molecule has 3 aliphatic heterocycles. The Morgan fingerprint density at radius 3 is 1.73 bits per heavy atom. The van der Waals surface area contributed by atoms with Gasteiger partial charge in [-0.2, -0.15) is 0 Å². The summed E-state index contributed by atoms with van der Waals surface area (Å²) in [6, 6.07) is -1.20. The van der Waals surface area contributed by atoms with Crippen LogP contribution in [0.1, 0.15) is 18.9 Å². The predicted molar refractivity (Wildman–Crippen MR) is 216 cm³/mol. The zero-order valence-electron chi connectivity index (χ0n) is 32.6. The molecule has 2 atom stereocenters. The number of nitrogen functional groups attached to an aromatic ring is 2. The molecular weight excluding hydrogens is 777 g/mol. The second-order valence-electron chi connectivity index (χ2n) is 14.9. The van der Waals surface area contributed by atoms with Crippen molar-refractivity contribution in [3.05, 3.63) is 37.4 Å². The Hall–Kier alpha value is -6.56.